The predicted molar refractivity (Wildman–Crippen MR) is 110 cm³/mol. The number of aliphatic imine (C=N–C) groups is 1. The number of nitrogens with zero attached hydrogens (tertiary/aromatic N) is 2. The number of carbonyl (C=O) groups excluding carboxylic acids is 2. The molecule has 144 valence electrons. The van der Waals surface area contributed by atoms with Crippen molar-refractivity contribution < 1.29 is 14.3 Å². The van der Waals surface area contributed by atoms with Crippen LogP contribution in [0.1, 0.15) is 25.7 Å². The lowest BCUT2D eigenvalue weighted by atomic mass is 10.0. The maximum atomic E-state index is 12.7. The molecule has 2 aromatic rings. The maximum Gasteiger partial charge on any atom is 0.421 e. The zero-order valence-corrected chi connectivity index (χ0v) is 16.3. The number of amides is 3. The van der Waals surface area contributed by atoms with Gasteiger partial charge in [0.1, 0.15) is 0 Å². The Balaban J connectivity index is 1.71. The molecule has 2 fully saturated rings. The lowest BCUT2D eigenvalue weighted by Gasteiger charge is -2.22. The van der Waals surface area contributed by atoms with Gasteiger partial charge in [-0.1, -0.05) is 35.3 Å². The second kappa shape index (κ2) is 7.45. The molecule has 8 heteroatoms. The molecular formula is C20H17Cl2N3O3. The van der Waals surface area contributed by atoms with Crippen molar-refractivity contribution in [1.82, 2.24) is 0 Å². The van der Waals surface area contributed by atoms with Crippen LogP contribution in [0.2, 0.25) is 10.0 Å². The van der Waals surface area contributed by atoms with E-state index in [1.54, 1.807) is 48.5 Å². The van der Waals surface area contributed by atoms with Crippen LogP contribution in [0.5, 0.6) is 0 Å². The van der Waals surface area contributed by atoms with Gasteiger partial charge in [-0.25, -0.2) is 14.5 Å². The van der Waals surface area contributed by atoms with E-state index in [2.05, 4.69) is 10.3 Å². The summed E-state index contributed by atoms with van der Waals surface area (Å²) in [6.07, 6.45) is 2.48. The van der Waals surface area contributed by atoms with E-state index in [9.17, 15) is 9.59 Å². The number of anilines is 2. The summed E-state index contributed by atoms with van der Waals surface area (Å²) >= 11 is 12.0. The molecule has 3 amide bonds. The highest BCUT2D eigenvalue weighted by molar-refractivity contribution is 6.32. The first-order valence-electron chi connectivity index (χ1n) is 8.91. The molecule has 1 spiro atoms. The highest BCUT2D eigenvalue weighted by Gasteiger charge is 2.54. The number of rotatable bonds is 2. The highest BCUT2D eigenvalue weighted by atomic mass is 35.5. The predicted octanol–water partition coefficient (Wildman–Crippen LogP) is 5.89. The van der Waals surface area contributed by atoms with Crippen molar-refractivity contribution in [3.8, 4) is 0 Å². The van der Waals surface area contributed by atoms with E-state index >= 15 is 0 Å². The smallest absolute Gasteiger partial charge is 0.421 e. The van der Waals surface area contributed by atoms with Gasteiger partial charge in [-0.3, -0.25) is 0 Å². The first kappa shape index (κ1) is 18.8. The SMILES string of the molecule is O=C(/N=C1\N(c2cccc(Cl)c2)C(=O)OC12CCCC2)Nc1cccc(Cl)c1. The van der Waals surface area contributed by atoms with Crippen molar-refractivity contribution in [3.05, 3.63) is 58.6 Å². The van der Waals surface area contributed by atoms with E-state index in [0.29, 0.717) is 34.3 Å². The molecule has 2 aromatic carbocycles. The second-order valence-corrected chi connectivity index (χ2v) is 7.63. The van der Waals surface area contributed by atoms with Crippen LogP contribution in [0.4, 0.5) is 21.0 Å². The normalized spacial score (nSPS) is 19.3. The molecule has 4 rings (SSSR count). The van der Waals surface area contributed by atoms with Gasteiger partial charge in [0.15, 0.2) is 11.4 Å². The van der Waals surface area contributed by atoms with Crippen LogP contribution >= 0.6 is 23.2 Å². The van der Waals surface area contributed by atoms with Crippen molar-refractivity contribution in [2.45, 2.75) is 31.3 Å². The zero-order valence-electron chi connectivity index (χ0n) is 14.8. The van der Waals surface area contributed by atoms with Crippen molar-refractivity contribution in [1.29, 1.82) is 0 Å². The third kappa shape index (κ3) is 3.57. The van der Waals surface area contributed by atoms with Gasteiger partial charge in [-0.15, -0.1) is 0 Å². The fourth-order valence-electron chi connectivity index (χ4n) is 3.63. The van der Waals surface area contributed by atoms with Gasteiger partial charge < -0.3 is 10.1 Å². The second-order valence-electron chi connectivity index (χ2n) is 6.76. The topological polar surface area (TPSA) is 71.0 Å². The molecule has 0 radical (unpaired) electrons. The van der Waals surface area contributed by atoms with Crippen LogP contribution in [0, 0.1) is 0 Å². The Morgan fingerprint density at radius 2 is 1.75 bits per heavy atom. The first-order chi connectivity index (χ1) is 13.5. The van der Waals surface area contributed by atoms with Crippen molar-refractivity contribution in [3.63, 3.8) is 0 Å². The average molecular weight is 418 g/mol. The van der Waals surface area contributed by atoms with E-state index < -0.39 is 17.7 Å². The van der Waals surface area contributed by atoms with E-state index in [-0.39, 0.29) is 5.84 Å². The molecule has 1 aliphatic heterocycles. The number of amidine groups is 1. The Hall–Kier alpha value is -2.57. The molecule has 6 nitrogen and oxygen atoms in total. The lowest BCUT2D eigenvalue weighted by Crippen LogP contribution is -2.40. The highest BCUT2D eigenvalue weighted by Crippen LogP contribution is 2.42. The average Bonchev–Trinajstić information content (AvgIpc) is 3.20. The fraction of sp³-hybridized carbons (Fsp3) is 0.250. The summed E-state index contributed by atoms with van der Waals surface area (Å²) in [6.45, 7) is 0. The summed E-state index contributed by atoms with van der Waals surface area (Å²) in [5, 5.41) is 3.65. The monoisotopic (exact) mass is 417 g/mol. The first-order valence-corrected chi connectivity index (χ1v) is 9.67. The van der Waals surface area contributed by atoms with Crippen LogP contribution in [-0.2, 0) is 4.74 Å². The van der Waals surface area contributed by atoms with E-state index in [0.717, 1.165) is 12.8 Å². The van der Waals surface area contributed by atoms with Crippen molar-refractivity contribution >= 4 is 52.5 Å². The Morgan fingerprint density at radius 3 is 2.43 bits per heavy atom. The molecule has 0 atom stereocenters. The van der Waals surface area contributed by atoms with Gasteiger partial charge in [0.25, 0.3) is 0 Å². The molecular weight excluding hydrogens is 401 g/mol. The number of nitrogens with one attached hydrogen (secondary N) is 1. The number of benzene rings is 2. The van der Waals surface area contributed by atoms with E-state index in [1.807, 2.05) is 0 Å². The lowest BCUT2D eigenvalue weighted by molar-refractivity contribution is 0.0906. The van der Waals surface area contributed by atoms with Crippen LogP contribution in [0.25, 0.3) is 0 Å². The van der Waals surface area contributed by atoms with Crippen LogP contribution in [0.15, 0.2) is 53.5 Å². The number of hydrogen-bond acceptors (Lipinski definition) is 3. The number of carbonyl (C=O) groups is 2. The third-order valence-electron chi connectivity index (χ3n) is 4.85. The summed E-state index contributed by atoms with van der Waals surface area (Å²) in [5.41, 5.74) is 0.142. The Labute approximate surface area is 172 Å². The molecule has 1 saturated heterocycles. The molecule has 1 aliphatic carbocycles. The standard InChI is InChI=1S/C20H17Cl2N3O3/c21-13-5-3-7-15(11-13)23-18(26)24-17-20(9-1-2-10-20)28-19(27)25(17)16-8-4-6-14(22)12-16/h3-8,11-12H,1-2,9-10H2,(H,23,26)/b24-17-. The summed E-state index contributed by atoms with van der Waals surface area (Å²) in [6, 6.07) is 13.0. The molecule has 1 heterocycles. The van der Waals surface area contributed by atoms with Gasteiger partial charge >= 0.3 is 12.1 Å². The van der Waals surface area contributed by atoms with Crippen LogP contribution in [0.3, 0.4) is 0 Å². The number of ether oxygens (including phenoxy) is 1. The molecule has 0 aromatic heterocycles. The van der Waals surface area contributed by atoms with Crippen LogP contribution in [-0.4, -0.2) is 23.6 Å². The summed E-state index contributed by atoms with van der Waals surface area (Å²) < 4.78 is 5.71. The molecule has 0 bridgehead atoms. The fourth-order valence-corrected chi connectivity index (χ4v) is 4.00. The van der Waals surface area contributed by atoms with Gasteiger partial charge in [-0.05, 0) is 62.1 Å². The van der Waals surface area contributed by atoms with Gasteiger partial charge in [0, 0.05) is 15.7 Å². The van der Waals surface area contributed by atoms with E-state index in [1.165, 1.54) is 4.90 Å². The van der Waals surface area contributed by atoms with Crippen molar-refractivity contribution in [2.24, 2.45) is 4.99 Å². The van der Waals surface area contributed by atoms with Gasteiger partial charge in [0.05, 0.1) is 5.69 Å². The van der Waals surface area contributed by atoms with Gasteiger partial charge in [-0.2, -0.15) is 4.99 Å². The molecule has 2 aliphatic rings. The number of urea groups is 1. The minimum atomic E-state index is -0.884. The Bertz CT molecular complexity index is 971. The van der Waals surface area contributed by atoms with Gasteiger partial charge in [0.2, 0.25) is 0 Å². The zero-order chi connectivity index (χ0) is 19.7. The Morgan fingerprint density at radius 1 is 1.07 bits per heavy atom. The summed E-state index contributed by atoms with van der Waals surface area (Å²) in [7, 11) is 0. The van der Waals surface area contributed by atoms with Crippen molar-refractivity contribution in [2.75, 3.05) is 10.2 Å². The summed E-state index contributed by atoms with van der Waals surface area (Å²) in [4.78, 5) is 30.8. The molecule has 28 heavy (non-hydrogen) atoms. The molecule has 1 saturated carbocycles. The maximum absolute atomic E-state index is 12.7. The van der Waals surface area contributed by atoms with Crippen LogP contribution < -0.4 is 10.2 Å². The Kier molecular flexibility index (Phi) is 5.00. The van der Waals surface area contributed by atoms with E-state index in [4.69, 9.17) is 27.9 Å². The largest absolute Gasteiger partial charge is 0.434 e. The third-order valence-corrected chi connectivity index (χ3v) is 5.32. The minimum absolute atomic E-state index is 0.289. The minimum Gasteiger partial charge on any atom is -0.434 e. The summed E-state index contributed by atoms with van der Waals surface area (Å²) in [5.74, 6) is 0.289. The molecule has 0 unspecified atom stereocenters. The molecule has 1 N–H and O–H groups in total. The quantitative estimate of drug-likeness (QED) is 0.661. The number of hydrogen-bond donors (Lipinski definition) is 1. The number of halogens is 2.